The van der Waals surface area contributed by atoms with E-state index in [4.69, 9.17) is 26.6 Å². The lowest BCUT2D eigenvalue weighted by Gasteiger charge is -2.13. The van der Waals surface area contributed by atoms with E-state index in [0.29, 0.717) is 0 Å². The van der Waals surface area contributed by atoms with Crippen molar-refractivity contribution in [3.63, 3.8) is 0 Å². The van der Waals surface area contributed by atoms with E-state index in [9.17, 15) is 18.0 Å². The zero-order valence-electron chi connectivity index (χ0n) is 12.2. The number of carboxylic acids is 1. The van der Waals surface area contributed by atoms with Crippen molar-refractivity contribution in [3.8, 4) is 5.75 Å². The van der Waals surface area contributed by atoms with Crippen molar-refractivity contribution in [1.82, 2.24) is 10.5 Å². The van der Waals surface area contributed by atoms with Gasteiger partial charge in [0.1, 0.15) is 17.2 Å². The molecule has 0 aliphatic rings. The monoisotopic (exact) mass is 363 g/mol. The van der Waals surface area contributed by atoms with Crippen LogP contribution in [0.25, 0.3) is 11.0 Å². The molecule has 1 atom stereocenters. The Hall–Kier alpha value is -2.56. The number of fused-ring (bicyclic) bond motifs is 1. The molecule has 130 valence electrons. The summed E-state index contributed by atoms with van der Waals surface area (Å²) in [5.41, 5.74) is 0.186. The number of carboxylic acid groups (broad SMARTS) is 1. The second-order valence-electron chi connectivity index (χ2n) is 4.72. The van der Waals surface area contributed by atoms with E-state index in [-0.39, 0.29) is 27.6 Å². The SMILES string of the molecule is CC(NC(=S)Nc1noc2cccc(OCC(F)(F)F)c12)C(=O)O. The highest BCUT2D eigenvalue weighted by Gasteiger charge is 2.29. The Balaban J connectivity index is 2.21. The van der Waals surface area contributed by atoms with Gasteiger partial charge in [-0.05, 0) is 31.3 Å². The highest BCUT2D eigenvalue weighted by atomic mass is 32.1. The minimum Gasteiger partial charge on any atom is -0.483 e. The van der Waals surface area contributed by atoms with Crippen LogP contribution in [0.5, 0.6) is 5.75 Å². The number of alkyl halides is 3. The Morgan fingerprint density at radius 1 is 1.50 bits per heavy atom. The van der Waals surface area contributed by atoms with Gasteiger partial charge in [0.25, 0.3) is 0 Å². The average Bonchev–Trinajstić information content (AvgIpc) is 2.87. The summed E-state index contributed by atoms with van der Waals surface area (Å²) < 4.78 is 46.8. The molecule has 1 aromatic carbocycles. The van der Waals surface area contributed by atoms with Crippen molar-refractivity contribution in [2.24, 2.45) is 0 Å². The first-order valence-electron chi connectivity index (χ1n) is 6.55. The average molecular weight is 363 g/mol. The maximum absolute atomic E-state index is 12.3. The van der Waals surface area contributed by atoms with Crippen molar-refractivity contribution in [2.45, 2.75) is 19.1 Å². The summed E-state index contributed by atoms with van der Waals surface area (Å²) in [5, 5.41) is 17.6. The molecule has 0 fully saturated rings. The fourth-order valence-corrected chi connectivity index (χ4v) is 2.00. The Morgan fingerprint density at radius 3 is 2.83 bits per heavy atom. The molecule has 0 saturated carbocycles. The summed E-state index contributed by atoms with van der Waals surface area (Å²) in [7, 11) is 0. The number of anilines is 1. The Bertz CT molecular complexity index is 762. The van der Waals surface area contributed by atoms with Crippen molar-refractivity contribution >= 4 is 40.1 Å². The van der Waals surface area contributed by atoms with Crippen LogP contribution < -0.4 is 15.4 Å². The number of carbonyl (C=O) groups is 1. The van der Waals surface area contributed by atoms with Gasteiger partial charge >= 0.3 is 12.1 Å². The van der Waals surface area contributed by atoms with Crippen LogP contribution in [-0.2, 0) is 4.79 Å². The topological polar surface area (TPSA) is 96.6 Å². The molecule has 1 aromatic heterocycles. The predicted molar refractivity (Wildman–Crippen MR) is 82.0 cm³/mol. The van der Waals surface area contributed by atoms with Gasteiger partial charge < -0.3 is 25.0 Å². The maximum atomic E-state index is 12.3. The lowest BCUT2D eigenvalue weighted by Crippen LogP contribution is -2.40. The molecule has 24 heavy (non-hydrogen) atoms. The van der Waals surface area contributed by atoms with Crippen LogP contribution in [0.3, 0.4) is 0 Å². The lowest BCUT2D eigenvalue weighted by molar-refractivity contribution is -0.153. The van der Waals surface area contributed by atoms with Crippen LogP contribution in [0.15, 0.2) is 22.7 Å². The quantitative estimate of drug-likeness (QED) is 0.698. The molecule has 3 N–H and O–H groups in total. The molecule has 0 radical (unpaired) electrons. The summed E-state index contributed by atoms with van der Waals surface area (Å²) in [6, 6.07) is 3.30. The molecule has 0 saturated heterocycles. The number of aliphatic carboxylic acids is 1. The van der Waals surface area contributed by atoms with Gasteiger partial charge in [-0.25, -0.2) is 0 Å². The molecule has 2 rings (SSSR count). The Labute approximate surface area is 138 Å². The third-order valence-corrected chi connectivity index (χ3v) is 3.02. The van der Waals surface area contributed by atoms with Crippen LogP contribution in [-0.4, -0.2) is 40.2 Å². The fourth-order valence-electron chi connectivity index (χ4n) is 1.73. The van der Waals surface area contributed by atoms with Crippen molar-refractivity contribution in [3.05, 3.63) is 18.2 Å². The van der Waals surface area contributed by atoms with E-state index < -0.39 is 24.8 Å². The second-order valence-corrected chi connectivity index (χ2v) is 5.13. The normalized spacial score (nSPS) is 12.7. The van der Waals surface area contributed by atoms with Crippen LogP contribution in [0.4, 0.5) is 19.0 Å². The number of benzene rings is 1. The summed E-state index contributed by atoms with van der Waals surface area (Å²) in [5.74, 6) is -1.21. The number of nitrogens with one attached hydrogen (secondary N) is 2. The minimum atomic E-state index is -4.50. The molecule has 11 heteroatoms. The third kappa shape index (κ3) is 4.47. The number of halogens is 3. The molecule has 0 aliphatic heterocycles. The van der Waals surface area contributed by atoms with Gasteiger partial charge in [0.15, 0.2) is 23.1 Å². The smallest absolute Gasteiger partial charge is 0.422 e. The maximum Gasteiger partial charge on any atom is 0.422 e. The molecule has 2 aromatic rings. The molecule has 0 bridgehead atoms. The number of rotatable bonds is 5. The summed E-state index contributed by atoms with van der Waals surface area (Å²) in [6.45, 7) is -0.107. The molecule has 0 spiro atoms. The number of hydrogen-bond acceptors (Lipinski definition) is 5. The summed E-state index contributed by atoms with van der Waals surface area (Å²) in [6.07, 6.45) is -4.50. The van der Waals surface area contributed by atoms with Gasteiger partial charge in [0.05, 0.1) is 0 Å². The first kappa shape index (κ1) is 17.8. The number of aromatic nitrogens is 1. The fraction of sp³-hybridized carbons (Fsp3) is 0.308. The van der Waals surface area contributed by atoms with Crippen LogP contribution in [0.2, 0.25) is 0 Å². The van der Waals surface area contributed by atoms with E-state index >= 15 is 0 Å². The van der Waals surface area contributed by atoms with Gasteiger partial charge in [-0.15, -0.1) is 0 Å². The highest BCUT2D eigenvalue weighted by Crippen LogP contribution is 2.33. The molecular formula is C13H12F3N3O4S. The van der Waals surface area contributed by atoms with Crippen LogP contribution in [0, 0.1) is 0 Å². The predicted octanol–water partition coefficient (Wildman–Crippen LogP) is 2.53. The zero-order chi connectivity index (χ0) is 17.9. The largest absolute Gasteiger partial charge is 0.483 e. The van der Waals surface area contributed by atoms with Crippen molar-refractivity contribution < 1.29 is 32.3 Å². The van der Waals surface area contributed by atoms with Gasteiger partial charge in [0.2, 0.25) is 0 Å². The molecule has 1 heterocycles. The van der Waals surface area contributed by atoms with Crippen LogP contribution >= 0.6 is 12.2 Å². The Morgan fingerprint density at radius 2 is 2.21 bits per heavy atom. The molecule has 1 unspecified atom stereocenters. The van der Waals surface area contributed by atoms with Gasteiger partial charge in [-0.3, -0.25) is 4.79 Å². The molecule has 0 aliphatic carbocycles. The van der Waals surface area contributed by atoms with E-state index in [1.54, 1.807) is 0 Å². The molecule has 0 amide bonds. The zero-order valence-corrected chi connectivity index (χ0v) is 13.0. The second kappa shape index (κ2) is 6.91. The van der Waals surface area contributed by atoms with E-state index in [0.717, 1.165) is 0 Å². The number of nitrogens with zero attached hydrogens (tertiary/aromatic N) is 1. The first-order chi connectivity index (χ1) is 11.2. The summed E-state index contributed by atoms with van der Waals surface area (Å²) in [4.78, 5) is 10.8. The van der Waals surface area contributed by atoms with Crippen molar-refractivity contribution in [2.75, 3.05) is 11.9 Å². The first-order valence-corrected chi connectivity index (χ1v) is 6.96. The van der Waals surface area contributed by atoms with Gasteiger partial charge in [-0.1, -0.05) is 11.2 Å². The number of ether oxygens (including phenoxy) is 1. The van der Waals surface area contributed by atoms with E-state index in [1.165, 1.54) is 25.1 Å². The van der Waals surface area contributed by atoms with E-state index in [2.05, 4.69) is 15.8 Å². The standard InChI is InChI=1S/C13H12F3N3O4S/c1-6(11(20)21)17-12(24)18-10-9-7(22-5-13(14,15)16)3-2-4-8(9)23-19-10/h2-4,6H,5H2,1H3,(H,20,21)(H2,17,18,19,24). The highest BCUT2D eigenvalue weighted by molar-refractivity contribution is 7.80. The Kier molecular flexibility index (Phi) is 5.12. The minimum absolute atomic E-state index is 0.0119. The number of thiocarbonyl (C=S) groups is 1. The van der Waals surface area contributed by atoms with Gasteiger partial charge in [-0.2, -0.15) is 13.2 Å². The summed E-state index contributed by atoms with van der Waals surface area (Å²) >= 11 is 4.94. The lowest BCUT2D eigenvalue weighted by atomic mass is 10.2. The van der Waals surface area contributed by atoms with Crippen molar-refractivity contribution in [1.29, 1.82) is 0 Å². The van der Waals surface area contributed by atoms with E-state index in [1.807, 2.05) is 0 Å². The van der Waals surface area contributed by atoms with Crippen LogP contribution in [0.1, 0.15) is 6.92 Å². The molecule has 7 nitrogen and oxygen atoms in total. The molecular weight excluding hydrogens is 351 g/mol. The van der Waals surface area contributed by atoms with Gasteiger partial charge in [0, 0.05) is 0 Å². The third-order valence-electron chi connectivity index (χ3n) is 2.80. The number of hydrogen-bond donors (Lipinski definition) is 3.